The fourth-order valence-corrected chi connectivity index (χ4v) is 2.91. The van der Waals surface area contributed by atoms with Crippen molar-refractivity contribution >= 4 is 45.0 Å². The van der Waals surface area contributed by atoms with Crippen molar-refractivity contribution in [2.24, 2.45) is 0 Å². The number of Topliss-reactive ketones (excluding diaryl/α,β-unsaturated/α-hetero) is 1. The molecule has 0 amide bonds. The van der Waals surface area contributed by atoms with E-state index >= 15 is 0 Å². The van der Waals surface area contributed by atoms with Crippen LogP contribution < -0.4 is 5.73 Å². The predicted octanol–water partition coefficient (Wildman–Crippen LogP) is 2.13. The van der Waals surface area contributed by atoms with Crippen LogP contribution in [0.1, 0.15) is 18.9 Å². The van der Waals surface area contributed by atoms with Crippen LogP contribution in [-0.4, -0.2) is 15.6 Å². The van der Waals surface area contributed by atoms with Crippen molar-refractivity contribution in [3.8, 4) is 0 Å². The van der Waals surface area contributed by atoms with Gasteiger partial charge in [0.05, 0.1) is 16.9 Å². The largest absolute Gasteiger partial charge is 0.398 e. The highest BCUT2D eigenvalue weighted by Crippen LogP contribution is 2.34. The number of rotatable bonds is 1. The van der Waals surface area contributed by atoms with Gasteiger partial charge in [0.1, 0.15) is 9.48 Å². The molecule has 0 spiro atoms. The molecule has 0 saturated heterocycles. The minimum Gasteiger partial charge on any atom is -0.398 e. The molecule has 1 heterocycles. The van der Waals surface area contributed by atoms with Crippen LogP contribution in [0.4, 0.5) is 5.69 Å². The molecule has 1 fully saturated rings. The molecule has 0 unspecified atom stereocenters. The van der Waals surface area contributed by atoms with E-state index in [4.69, 9.17) is 5.73 Å². The molecule has 0 atom stereocenters. The highest BCUT2D eigenvalue weighted by atomic mass is 127. The lowest BCUT2D eigenvalue weighted by Crippen LogP contribution is -2.27. The third-order valence-corrected chi connectivity index (χ3v) is 3.75. The number of anilines is 1. The first-order valence-corrected chi connectivity index (χ1v) is 6.18. The average molecular weight is 327 g/mol. The third kappa shape index (κ3) is 1.34. The Labute approximate surface area is 106 Å². The monoisotopic (exact) mass is 327 g/mol. The van der Waals surface area contributed by atoms with Crippen LogP contribution in [0.5, 0.6) is 0 Å². The zero-order valence-electron chi connectivity index (χ0n) is 8.48. The van der Waals surface area contributed by atoms with Gasteiger partial charge in [-0.25, -0.2) is 0 Å². The van der Waals surface area contributed by atoms with Gasteiger partial charge in [0.25, 0.3) is 0 Å². The van der Waals surface area contributed by atoms with Crippen LogP contribution >= 0.6 is 22.6 Å². The number of aromatic nitrogens is 2. The van der Waals surface area contributed by atoms with Crippen molar-refractivity contribution < 1.29 is 4.79 Å². The number of carbonyl (C=O) groups excluding carboxylic acids is 1. The van der Waals surface area contributed by atoms with Crippen molar-refractivity contribution in [1.29, 1.82) is 0 Å². The van der Waals surface area contributed by atoms with Gasteiger partial charge in [-0.15, -0.1) is 0 Å². The van der Waals surface area contributed by atoms with E-state index in [1.165, 1.54) is 0 Å². The SMILES string of the molecule is Nc1cccc2c1c(I)nn2C1CC(=O)C1. The lowest BCUT2D eigenvalue weighted by Gasteiger charge is -2.25. The Kier molecular flexibility index (Phi) is 2.17. The van der Waals surface area contributed by atoms with Gasteiger partial charge >= 0.3 is 0 Å². The molecule has 1 saturated carbocycles. The molecule has 0 aliphatic heterocycles. The zero-order valence-corrected chi connectivity index (χ0v) is 10.6. The van der Waals surface area contributed by atoms with E-state index in [0.29, 0.717) is 18.6 Å². The van der Waals surface area contributed by atoms with Crippen molar-refractivity contribution in [3.63, 3.8) is 0 Å². The van der Waals surface area contributed by atoms with E-state index in [9.17, 15) is 4.79 Å². The molecular weight excluding hydrogens is 317 g/mol. The maximum Gasteiger partial charge on any atom is 0.137 e. The molecule has 82 valence electrons. The third-order valence-electron chi connectivity index (χ3n) is 3.00. The van der Waals surface area contributed by atoms with Crippen molar-refractivity contribution in [3.05, 3.63) is 21.9 Å². The fraction of sp³-hybridized carbons (Fsp3) is 0.273. The average Bonchev–Trinajstić information content (AvgIpc) is 2.53. The van der Waals surface area contributed by atoms with Gasteiger partial charge in [-0.1, -0.05) is 6.07 Å². The summed E-state index contributed by atoms with van der Waals surface area (Å²) >= 11 is 2.19. The minimum atomic E-state index is 0.223. The Morgan fingerprint density at radius 1 is 1.44 bits per heavy atom. The number of hydrogen-bond acceptors (Lipinski definition) is 3. The standard InChI is InChI=1S/C11H10IN3O/c12-11-10-8(13)2-1-3-9(10)15(14-11)6-4-7(16)5-6/h1-3,6H,4-5,13H2. The fourth-order valence-electron chi connectivity index (χ4n) is 2.09. The zero-order chi connectivity index (χ0) is 11.3. The minimum absolute atomic E-state index is 0.223. The van der Waals surface area contributed by atoms with Crippen molar-refractivity contribution in [1.82, 2.24) is 9.78 Å². The summed E-state index contributed by atoms with van der Waals surface area (Å²) in [5.41, 5.74) is 7.71. The first-order chi connectivity index (χ1) is 7.66. The number of nitrogens with two attached hydrogens (primary N) is 1. The number of carbonyl (C=O) groups is 1. The number of hydrogen-bond donors (Lipinski definition) is 1. The molecule has 1 aliphatic rings. The number of ketones is 1. The van der Waals surface area contributed by atoms with Crippen LogP contribution in [0.2, 0.25) is 0 Å². The van der Waals surface area contributed by atoms with Gasteiger partial charge in [0.15, 0.2) is 0 Å². The second-order valence-corrected chi connectivity index (χ2v) is 5.10. The topological polar surface area (TPSA) is 60.9 Å². The molecule has 4 nitrogen and oxygen atoms in total. The van der Waals surface area contributed by atoms with Crippen molar-refractivity contribution in [2.75, 3.05) is 5.73 Å². The first kappa shape index (κ1) is 10.1. The van der Waals surface area contributed by atoms with Crippen molar-refractivity contribution in [2.45, 2.75) is 18.9 Å². The number of nitrogen functional groups attached to an aromatic ring is 1. The second kappa shape index (κ2) is 3.44. The van der Waals surface area contributed by atoms with Crippen LogP contribution in [0.3, 0.4) is 0 Å². The molecule has 1 aromatic heterocycles. The quantitative estimate of drug-likeness (QED) is 0.645. The van der Waals surface area contributed by atoms with Gasteiger partial charge in [-0.3, -0.25) is 9.48 Å². The van der Waals surface area contributed by atoms with Crippen LogP contribution in [0.15, 0.2) is 18.2 Å². The maximum absolute atomic E-state index is 11.0. The summed E-state index contributed by atoms with van der Waals surface area (Å²) in [6.45, 7) is 0. The van der Waals surface area contributed by atoms with E-state index < -0.39 is 0 Å². The molecule has 1 aliphatic carbocycles. The number of halogens is 1. The molecule has 2 aromatic rings. The van der Waals surface area contributed by atoms with Crippen LogP contribution in [-0.2, 0) is 4.79 Å². The molecule has 1 aromatic carbocycles. The van der Waals surface area contributed by atoms with Gasteiger partial charge in [-0.2, -0.15) is 5.10 Å². The summed E-state index contributed by atoms with van der Waals surface area (Å²) < 4.78 is 2.85. The van der Waals surface area contributed by atoms with Gasteiger partial charge in [0, 0.05) is 18.5 Å². The number of fused-ring (bicyclic) bond motifs is 1. The Bertz CT molecular complexity index is 582. The Morgan fingerprint density at radius 2 is 2.19 bits per heavy atom. The first-order valence-electron chi connectivity index (χ1n) is 5.10. The Hall–Kier alpha value is -1.11. The van der Waals surface area contributed by atoms with Gasteiger partial charge < -0.3 is 5.73 Å². The van der Waals surface area contributed by atoms with E-state index in [1.807, 2.05) is 22.9 Å². The smallest absolute Gasteiger partial charge is 0.137 e. The van der Waals surface area contributed by atoms with E-state index in [2.05, 4.69) is 27.7 Å². The Balaban J connectivity index is 2.19. The van der Waals surface area contributed by atoms with Gasteiger partial charge in [-0.05, 0) is 34.7 Å². The van der Waals surface area contributed by atoms with Crippen LogP contribution in [0.25, 0.3) is 10.9 Å². The summed E-state index contributed by atoms with van der Waals surface area (Å²) in [6, 6.07) is 6.03. The highest BCUT2D eigenvalue weighted by Gasteiger charge is 2.30. The van der Waals surface area contributed by atoms with E-state index in [0.717, 1.165) is 20.3 Å². The number of nitrogens with zero attached hydrogens (tertiary/aromatic N) is 2. The molecule has 5 heteroatoms. The summed E-state index contributed by atoms with van der Waals surface area (Å²) in [5.74, 6) is 0.313. The van der Waals surface area contributed by atoms with Gasteiger partial charge in [0.2, 0.25) is 0 Å². The summed E-state index contributed by atoms with van der Waals surface area (Å²) in [4.78, 5) is 11.0. The lowest BCUT2D eigenvalue weighted by atomic mass is 9.91. The molecule has 16 heavy (non-hydrogen) atoms. The Morgan fingerprint density at radius 3 is 2.88 bits per heavy atom. The predicted molar refractivity (Wildman–Crippen MR) is 70.1 cm³/mol. The normalized spacial score (nSPS) is 16.7. The second-order valence-electron chi connectivity index (χ2n) is 4.08. The molecule has 0 radical (unpaired) electrons. The number of benzene rings is 1. The lowest BCUT2D eigenvalue weighted by molar-refractivity contribution is -0.126. The molecule has 3 rings (SSSR count). The molecule has 0 bridgehead atoms. The van der Waals surface area contributed by atoms with E-state index in [-0.39, 0.29) is 6.04 Å². The molecular formula is C11H10IN3O. The molecule has 2 N–H and O–H groups in total. The highest BCUT2D eigenvalue weighted by molar-refractivity contribution is 14.1. The maximum atomic E-state index is 11.0. The summed E-state index contributed by atoms with van der Waals surface area (Å²) in [5, 5.41) is 5.48. The van der Waals surface area contributed by atoms with Crippen LogP contribution in [0, 0.1) is 3.70 Å². The summed E-state index contributed by atoms with van der Waals surface area (Å²) in [7, 11) is 0. The summed E-state index contributed by atoms with van der Waals surface area (Å²) in [6.07, 6.45) is 1.20. The van der Waals surface area contributed by atoms with E-state index in [1.54, 1.807) is 0 Å².